The van der Waals surface area contributed by atoms with E-state index in [4.69, 9.17) is 14.5 Å². The number of carbonyl (C=O) groups is 2. The summed E-state index contributed by atoms with van der Waals surface area (Å²) in [7, 11) is 1.47. The van der Waals surface area contributed by atoms with Gasteiger partial charge in [-0.3, -0.25) is 14.9 Å². The van der Waals surface area contributed by atoms with E-state index in [9.17, 15) is 19.8 Å². The van der Waals surface area contributed by atoms with E-state index in [1.807, 2.05) is 6.92 Å². The highest BCUT2D eigenvalue weighted by Gasteiger charge is 2.59. The standard InChI is InChI=1S/C25H40N4O6S/c1-24-5-4-19(31)25(2,15-30)18(24)13-17-22(28-23(36-17)27-21(33)14-34-3)16(24)12-20(32)26-6-7-29-8-10-35-11-9-29/h16,18-19,30-31H,4-15H2,1-3H3,(H,26,32)(H,27,28,33)/p+1/t16-,18+,19-,24+,25+/m1/s1. The summed E-state index contributed by atoms with van der Waals surface area (Å²) in [6, 6.07) is 0. The van der Waals surface area contributed by atoms with Crippen LogP contribution in [-0.2, 0) is 25.5 Å². The highest BCUT2D eigenvalue weighted by Crippen LogP contribution is 2.62. The minimum Gasteiger partial charge on any atom is -0.396 e. The first-order valence-corrected chi connectivity index (χ1v) is 13.8. The van der Waals surface area contributed by atoms with Crippen molar-refractivity contribution in [2.24, 2.45) is 16.7 Å². The Bertz CT molecular complexity index is 938. The van der Waals surface area contributed by atoms with Crippen molar-refractivity contribution in [3.8, 4) is 0 Å². The van der Waals surface area contributed by atoms with E-state index in [1.165, 1.54) is 23.3 Å². The van der Waals surface area contributed by atoms with Gasteiger partial charge in [-0.15, -0.1) is 11.3 Å². The number of morpholine rings is 1. The van der Waals surface area contributed by atoms with Gasteiger partial charge < -0.3 is 29.9 Å². The Balaban J connectivity index is 1.56. The quantitative estimate of drug-likeness (QED) is 0.295. The number of rotatable bonds is 9. The molecule has 1 aromatic heterocycles. The topological polar surface area (TPSA) is 134 Å². The van der Waals surface area contributed by atoms with Gasteiger partial charge in [0, 0.05) is 29.7 Å². The van der Waals surface area contributed by atoms with Crippen molar-refractivity contribution in [2.45, 2.75) is 51.6 Å². The highest BCUT2D eigenvalue weighted by molar-refractivity contribution is 7.15. The molecule has 0 aromatic carbocycles. The largest absolute Gasteiger partial charge is 0.396 e. The highest BCUT2D eigenvalue weighted by atomic mass is 32.1. The number of aromatic nitrogens is 1. The first-order valence-electron chi connectivity index (χ1n) is 13.0. The van der Waals surface area contributed by atoms with Crippen molar-refractivity contribution >= 4 is 28.3 Å². The molecule has 2 aliphatic carbocycles. The number of quaternary nitrogens is 1. The van der Waals surface area contributed by atoms with Crippen LogP contribution >= 0.6 is 11.3 Å². The smallest absolute Gasteiger partial charge is 0.252 e. The lowest BCUT2D eigenvalue weighted by Crippen LogP contribution is -3.14. The van der Waals surface area contributed by atoms with Gasteiger partial charge in [-0.05, 0) is 30.6 Å². The van der Waals surface area contributed by atoms with Crippen LogP contribution in [-0.4, -0.2) is 92.8 Å². The van der Waals surface area contributed by atoms with Crippen molar-refractivity contribution in [3.63, 3.8) is 0 Å². The lowest BCUT2D eigenvalue weighted by molar-refractivity contribution is -0.906. The molecule has 11 heteroatoms. The van der Waals surface area contributed by atoms with Crippen LogP contribution in [0.5, 0.6) is 0 Å². The van der Waals surface area contributed by atoms with Crippen LogP contribution in [0.2, 0.25) is 0 Å². The second-order valence-electron chi connectivity index (χ2n) is 11.0. The predicted octanol–water partition coefficient (Wildman–Crippen LogP) is -0.435. The molecule has 2 heterocycles. The number of thiazole rings is 1. The van der Waals surface area contributed by atoms with Crippen LogP contribution in [0.25, 0.3) is 0 Å². The first-order chi connectivity index (χ1) is 17.2. The maximum Gasteiger partial charge on any atom is 0.252 e. The van der Waals surface area contributed by atoms with Gasteiger partial charge in [0.05, 0.1) is 44.7 Å². The Morgan fingerprint density at radius 2 is 2.03 bits per heavy atom. The fraction of sp³-hybridized carbons (Fsp3) is 0.800. The number of fused-ring (bicyclic) bond motifs is 2. The Labute approximate surface area is 216 Å². The molecule has 5 atom stereocenters. The van der Waals surface area contributed by atoms with E-state index in [2.05, 4.69) is 17.6 Å². The maximum atomic E-state index is 13.2. The van der Waals surface area contributed by atoms with E-state index in [1.54, 1.807) is 0 Å². The van der Waals surface area contributed by atoms with Crippen LogP contribution in [0.4, 0.5) is 5.13 Å². The number of aliphatic hydroxyl groups excluding tert-OH is 2. The molecule has 36 heavy (non-hydrogen) atoms. The van der Waals surface area contributed by atoms with Crippen LogP contribution in [0, 0.1) is 16.7 Å². The first kappa shape index (κ1) is 27.4. The molecule has 0 bridgehead atoms. The summed E-state index contributed by atoms with van der Waals surface area (Å²) >= 11 is 1.42. The van der Waals surface area contributed by atoms with Gasteiger partial charge in [-0.1, -0.05) is 13.8 Å². The molecule has 0 radical (unpaired) electrons. The average molecular weight is 526 g/mol. The summed E-state index contributed by atoms with van der Waals surface area (Å²) in [4.78, 5) is 32.6. The third kappa shape index (κ3) is 5.46. The summed E-state index contributed by atoms with van der Waals surface area (Å²) < 4.78 is 10.3. The van der Waals surface area contributed by atoms with Gasteiger partial charge in [0.2, 0.25) is 5.91 Å². The Kier molecular flexibility index (Phi) is 8.68. The maximum absolute atomic E-state index is 13.2. The van der Waals surface area contributed by atoms with Gasteiger partial charge in [-0.25, -0.2) is 4.98 Å². The van der Waals surface area contributed by atoms with E-state index in [0.717, 1.165) is 49.8 Å². The van der Waals surface area contributed by atoms with Gasteiger partial charge in [0.15, 0.2) is 5.13 Å². The van der Waals surface area contributed by atoms with Crippen molar-refractivity contribution in [3.05, 3.63) is 10.6 Å². The molecule has 5 N–H and O–H groups in total. The minimum atomic E-state index is -0.678. The lowest BCUT2D eigenvalue weighted by Gasteiger charge is -2.58. The molecule has 202 valence electrons. The third-order valence-corrected chi connectivity index (χ3v) is 9.81. The number of hydrogen-bond acceptors (Lipinski definition) is 8. The fourth-order valence-electron chi connectivity index (χ4n) is 6.53. The molecule has 3 aliphatic rings. The van der Waals surface area contributed by atoms with Gasteiger partial charge in [0.25, 0.3) is 5.91 Å². The summed E-state index contributed by atoms with van der Waals surface area (Å²) in [6.45, 7) is 8.86. The molecule has 1 aliphatic heterocycles. The Morgan fingerprint density at radius 3 is 2.72 bits per heavy atom. The van der Waals surface area contributed by atoms with Crippen LogP contribution in [0.1, 0.15) is 49.6 Å². The molecule has 1 saturated heterocycles. The number of methoxy groups -OCH3 is 1. The number of anilines is 1. The van der Waals surface area contributed by atoms with E-state index in [0.29, 0.717) is 24.5 Å². The number of nitrogens with zero attached hydrogens (tertiary/aromatic N) is 1. The molecule has 10 nitrogen and oxygen atoms in total. The Hall–Kier alpha value is -1.63. The van der Waals surface area contributed by atoms with Crippen LogP contribution < -0.4 is 15.5 Å². The van der Waals surface area contributed by atoms with Gasteiger partial charge in [-0.2, -0.15) is 0 Å². The van der Waals surface area contributed by atoms with E-state index in [-0.39, 0.29) is 48.7 Å². The molecule has 1 saturated carbocycles. The average Bonchev–Trinajstić information content (AvgIpc) is 3.25. The molecular weight excluding hydrogens is 484 g/mol. The van der Waals surface area contributed by atoms with E-state index < -0.39 is 11.5 Å². The number of amides is 2. The monoisotopic (exact) mass is 525 g/mol. The summed E-state index contributed by atoms with van der Waals surface area (Å²) in [5.41, 5.74) is -0.141. The zero-order chi connectivity index (χ0) is 25.9. The van der Waals surface area contributed by atoms with Crippen molar-refractivity contribution < 1.29 is 34.2 Å². The normalized spacial score (nSPS) is 32.4. The SMILES string of the molecule is COCC(=O)Nc1nc2c(s1)C[C@@H]1[C@](C)(CO)[C@H](O)CC[C@@]1(C)[C@@H]2CC(=O)NCC[NH+]1CCOCC1. The zero-order valence-electron chi connectivity index (χ0n) is 21.6. The second kappa shape index (κ2) is 11.4. The molecule has 0 unspecified atom stereocenters. The van der Waals surface area contributed by atoms with Crippen molar-refractivity contribution in [1.29, 1.82) is 0 Å². The molecule has 0 spiro atoms. The second-order valence-corrected chi connectivity index (χ2v) is 12.1. The van der Waals surface area contributed by atoms with Gasteiger partial charge >= 0.3 is 0 Å². The van der Waals surface area contributed by atoms with Crippen molar-refractivity contribution in [2.75, 3.05) is 65.0 Å². The minimum absolute atomic E-state index is 0.0183. The number of ether oxygens (including phenoxy) is 2. The lowest BCUT2D eigenvalue weighted by atomic mass is 9.47. The molecular formula is C25H41N4O6S+. The zero-order valence-corrected chi connectivity index (χ0v) is 22.4. The summed E-state index contributed by atoms with van der Waals surface area (Å²) in [6.07, 6.45) is 1.63. The number of nitrogens with one attached hydrogen (secondary N) is 3. The van der Waals surface area contributed by atoms with Crippen LogP contribution in [0.15, 0.2) is 0 Å². The molecule has 1 aromatic rings. The fourth-order valence-corrected chi connectivity index (χ4v) is 7.62. The van der Waals surface area contributed by atoms with E-state index >= 15 is 0 Å². The Morgan fingerprint density at radius 1 is 1.28 bits per heavy atom. The predicted molar refractivity (Wildman–Crippen MR) is 135 cm³/mol. The van der Waals surface area contributed by atoms with Crippen molar-refractivity contribution in [1.82, 2.24) is 10.3 Å². The third-order valence-electron chi connectivity index (χ3n) is 8.81. The summed E-state index contributed by atoms with van der Waals surface area (Å²) in [5.74, 6) is -0.493. The number of carbonyl (C=O) groups excluding carboxylic acids is 2. The molecule has 2 amide bonds. The summed E-state index contributed by atoms with van der Waals surface area (Å²) in [5, 5.41) is 27.7. The number of hydrogen-bond donors (Lipinski definition) is 5. The number of aliphatic hydroxyl groups is 2. The van der Waals surface area contributed by atoms with Crippen LogP contribution in [0.3, 0.4) is 0 Å². The molecule has 2 fully saturated rings. The van der Waals surface area contributed by atoms with Gasteiger partial charge in [0.1, 0.15) is 19.7 Å². The molecule has 4 rings (SSSR count).